The molecule has 0 N–H and O–H groups in total. The van der Waals surface area contributed by atoms with Crippen molar-refractivity contribution in [3.8, 4) is 0 Å². The lowest BCUT2D eigenvalue weighted by molar-refractivity contribution is 0.240. The molecule has 2 fully saturated rings. The van der Waals surface area contributed by atoms with Crippen molar-refractivity contribution in [3.05, 3.63) is 153 Å². The van der Waals surface area contributed by atoms with Crippen LogP contribution < -0.4 is 0 Å². The van der Waals surface area contributed by atoms with Crippen LogP contribution in [0.25, 0.3) is 76.2 Å². The topological polar surface area (TPSA) is 34.6 Å². The third kappa shape index (κ3) is 6.57. The van der Waals surface area contributed by atoms with Gasteiger partial charge in [-0.1, -0.05) is 177 Å². The van der Waals surface area contributed by atoms with E-state index < -0.39 is 0 Å². The molecule has 0 amide bonds. The fourth-order valence-corrected chi connectivity index (χ4v) is 17.3. The van der Waals surface area contributed by atoms with Crippen LogP contribution in [0.4, 0.5) is 0 Å². The quantitative estimate of drug-likeness (QED) is 0.177. The number of pyridine rings is 2. The number of rotatable bonds is 3. The van der Waals surface area contributed by atoms with Crippen LogP contribution >= 0.6 is 0 Å². The molecule has 6 heterocycles. The van der Waals surface area contributed by atoms with Gasteiger partial charge in [-0.3, -0.25) is 9.97 Å². The van der Waals surface area contributed by atoms with Gasteiger partial charge in [0.15, 0.2) is 0 Å². The molecule has 4 aliphatic carbocycles. The van der Waals surface area contributed by atoms with E-state index in [0.29, 0.717) is 0 Å². The van der Waals surface area contributed by atoms with E-state index in [1.165, 1.54) is 191 Å². The zero-order chi connectivity index (χ0) is 53.2. The van der Waals surface area contributed by atoms with Crippen LogP contribution in [-0.2, 0) is 34.5 Å². The molecule has 4 nitrogen and oxygen atoms in total. The van der Waals surface area contributed by atoms with Crippen molar-refractivity contribution in [3.63, 3.8) is 0 Å². The largest absolute Gasteiger partial charge is 0.306 e. The van der Waals surface area contributed by atoms with Gasteiger partial charge in [0, 0.05) is 60.3 Å². The minimum atomic E-state index is -0.0941. The van der Waals surface area contributed by atoms with Gasteiger partial charge in [0.2, 0.25) is 0 Å². The van der Waals surface area contributed by atoms with Crippen LogP contribution in [0, 0.1) is 10.8 Å². The maximum Gasteiger partial charge on any atom is 0.0728 e. The molecule has 11 aromatic rings. The summed E-state index contributed by atoms with van der Waals surface area (Å²) in [6.45, 7) is 31.9. The van der Waals surface area contributed by atoms with Crippen LogP contribution in [0.2, 0.25) is 0 Å². The van der Waals surface area contributed by atoms with E-state index in [1.807, 2.05) is 0 Å². The van der Waals surface area contributed by atoms with Gasteiger partial charge in [0.05, 0.1) is 56.9 Å². The maximum absolute atomic E-state index is 5.89. The molecule has 2 saturated carbocycles. The first-order chi connectivity index (χ1) is 36.6. The van der Waals surface area contributed by atoms with Crippen molar-refractivity contribution in [2.24, 2.45) is 10.8 Å². The summed E-state index contributed by atoms with van der Waals surface area (Å²) < 4.78 is 5.60. The van der Waals surface area contributed by atoms with E-state index in [2.05, 4.69) is 190 Å². The highest BCUT2D eigenvalue weighted by Crippen LogP contribution is 2.64. The highest BCUT2D eigenvalue weighted by Gasteiger charge is 2.55. The van der Waals surface area contributed by atoms with Crippen molar-refractivity contribution >= 4 is 76.2 Å². The molecule has 2 spiro atoms. The van der Waals surface area contributed by atoms with E-state index in [9.17, 15) is 0 Å². The second-order valence-corrected chi connectivity index (χ2v) is 30.1. The summed E-state index contributed by atoms with van der Waals surface area (Å²) in [6, 6.07) is 31.1. The normalized spacial score (nSPS) is 19.8. The van der Waals surface area contributed by atoms with Crippen molar-refractivity contribution in [1.82, 2.24) is 18.8 Å². The Balaban J connectivity index is 1.19. The molecule has 6 aromatic heterocycles. The van der Waals surface area contributed by atoms with Gasteiger partial charge in [-0.25, -0.2) is 0 Å². The van der Waals surface area contributed by atoms with E-state index in [1.54, 1.807) is 10.9 Å². The van der Waals surface area contributed by atoms with E-state index in [0.717, 1.165) is 12.8 Å². The van der Waals surface area contributed by atoms with Gasteiger partial charge >= 0.3 is 0 Å². The Labute approximate surface area is 456 Å². The number of aromatic nitrogens is 4. The van der Waals surface area contributed by atoms with E-state index in [4.69, 9.17) is 9.97 Å². The average Bonchev–Trinajstić information content (AvgIpc) is 4.06. The highest BCUT2D eigenvalue weighted by atomic mass is 15.0. The molecule has 77 heavy (non-hydrogen) atoms. The molecule has 0 radical (unpaired) electrons. The Kier molecular flexibility index (Phi) is 9.78. The van der Waals surface area contributed by atoms with Crippen LogP contribution in [0.15, 0.2) is 91.3 Å². The van der Waals surface area contributed by atoms with Gasteiger partial charge in [-0.2, -0.15) is 0 Å². The predicted molar refractivity (Wildman–Crippen MR) is 326 cm³/mol. The standard InChI is InChI=1S/C73H80N4/c1-41-45-26-18-19-27-46(45)55(42-24-16-14-17-25-42)60-58-49-34-43(70(8,9)10)32-47-56-52(37-69(5,6)7)66-57(51(36-68(2,3)4)65(56)76(63(47)49)53(58)38-74-62(41)60)48-33-44(71(11,12)13)35-50-59-54(77(66)64(48)50)39-75-67-61(59)72(28-22-23-29-72)40-73(67)30-20-15-21-31-73/h14,16-19,24-27,32-35,38-39,41,55H,15,20-23,28-31,36-37,40H2,1-13H3. The molecule has 0 saturated heterocycles. The fourth-order valence-electron chi connectivity index (χ4n) is 17.3. The summed E-state index contributed by atoms with van der Waals surface area (Å²) in [4.78, 5) is 11.6. The molecule has 0 bridgehead atoms. The lowest BCUT2D eigenvalue weighted by Crippen LogP contribution is -2.30. The monoisotopic (exact) mass is 1010 g/mol. The van der Waals surface area contributed by atoms with E-state index in [-0.39, 0.29) is 44.3 Å². The summed E-state index contributed by atoms with van der Waals surface area (Å²) in [5, 5.41) is 11.5. The zero-order valence-electron chi connectivity index (χ0n) is 48.6. The second-order valence-electron chi connectivity index (χ2n) is 30.1. The van der Waals surface area contributed by atoms with E-state index >= 15 is 0 Å². The average molecular weight is 1010 g/mol. The fraction of sp³-hybridized carbons (Fsp3) is 0.452. The van der Waals surface area contributed by atoms with Gasteiger partial charge in [0.25, 0.3) is 0 Å². The highest BCUT2D eigenvalue weighted by molar-refractivity contribution is 6.32. The smallest absolute Gasteiger partial charge is 0.0728 e. The van der Waals surface area contributed by atoms with Gasteiger partial charge in [0.1, 0.15) is 0 Å². The van der Waals surface area contributed by atoms with Crippen molar-refractivity contribution in [2.45, 2.75) is 201 Å². The second kappa shape index (κ2) is 15.6. The van der Waals surface area contributed by atoms with Crippen LogP contribution in [0.1, 0.15) is 228 Å². The van der Waals surface area contributed by atoms with Gasteiger partial charge in [-0.15, -0.1) is 0 Å². The Morgan fingerprint density at radius 3 is 1.52 bits per heavy atom. The SMILES string of the molecule is CC1c2ccccc2C(c2ccccc2)c2c1ncc1c2c2cc(C(C)(C)C)cc3c4c(CC(C)(C)C)c5c(c(CC(C)(C)C)c4n1c23)c1cc(C(C)(C)C)cc2c3c4c(ncc3n5c21)C1(CCCCC1)CC41CCCC1. The predicted octanol–water partition coefficient (Wildman–Crippen LogP) is 19.6. The molecular weight excluding hydrogens is 933 g/mol. The first kappa shape index (κ1) is 48.2. The molecule has 0 aliphatic heterocycles. The zero-order valence-corrected chi connectivity index (χ0v) is 48.6. The number of benzene rings is 5. The number of hydrogen-bond acceptors (Lipinski definition) is 2. The minimum Gasteiger partial charge on any atom is -0.306 e. The van der Waals surface area contributed by atoms with Crippen molar-refractivity contribution < 1.29 is 0 Å². The van der Waals surface area contributed by atoms with Crippen molar-refractivity contribution in [1.29, 1.82) is 0 Å². The summed E-state index contributed by atoms with van der Waals surface area (Å²) in [5.41, 5.74) is 24.1. The molecule has 4 aliphatic rings. The Bertz CT molecular complexity index is 4270. The van der Waals surface area contributed by atoms with Crippen LogP contribution in [0.5, 0.6) is 0 Å². The molecular formula is C73H80N4. The maximum atomic E-state index is 5.89. The molecule has 15 rings (SSSR count). The molecule has 5 aromatic carbocycles. The lowest BCUT2D eigenvalue weighted by atomic mass is 9.69. The number of hydrogen-bond donors (Lipinski definition) is 0. The third-order valence-corrected chi connectivity index (χ3v) is 20.3. The van der Waals surface area contributed by atoms with Crippen LogP contribution in [0.3, 0.4) is 0 Å². The molecule has 392 valence electrons. The molecule has 2 atom stereocenters. The van der Waals surface area contributed by atoms with Crippen molar-refractivity contribution in [2.75, 3.05) is 0 Å². The Morgan fingerprint density at radius 2 is 0.974 bits per heavy atom. The van der Waals surface area contributed by atoms with Gasteiger partial charge < -0.3 is 8.80 Å². The summed E-state index contributed by atoms with van der Waals surface area (Å²) >= 11 is 0. The number of fused-ring (bicyclic) bond motifs is 19. The Morgan fingerprint density at radius 1 is 0.506 bits per heavy atom. The minimum absolute atomic E-state index is 0.00555. The third-order valence-electron chi connectivity index (χ3n) is 20.3. The summed E-state index contributed by atoms with van der Waals surface area (Å²) in [6.07, 6.45) is 19.8. The van der Waals surface area contributed by atoms with Gasteiger partial charge in [-0.05, 0) is 146 Å². The first-order valence-corrected chi connectivity index (χ1v) is 30.0. The molecule has 4 heteroatoms. The summed E-state index contributed by atoms with van der Waals surface area (Å²) in [5.74, 6) is 0.219. The Hall–Kier alpha value is -6.00. The molecule has 2 unspecified atom stereocenters. The summed E-state index contributed by atoms with van der Waals surface area (Å²) in [7, 11) is 0. The number of nitrogens with zero attached hydrogens (tertiary/aromatic N) is 4. The first-order valence-electron chi connectivity index (χ1n) is 30.0. The van der Waals surface area contributed by atoms with Crippen LogP contribution in [-0.4, -0.2) is 18.8 Å². The lowest BCUT2D eigenvalue weighted by Gasteiger charge is -2.35.